The van der Waals surface area contributed by atoms with E-state index in [-0.39, 0.29) is 18.0 Å². The van der Waals surface area contributed by atoms with Crippen molar-refractivity contribution in [3.63, 3.8) is 0 Å². The van der Waals surface area contributed by atoms with Crippen LogP contribution < -0.4 is 10.9 Å². The monoisotopic (exact) mass is 386 g/mol. The Bertz CT molecular complexity index is 1270. The first-order valence-electron chi connectivity index (χ1n) is 9.44. The molecule has 146 valence electrons. The summed E-state index contributed by atoms with van der Waals surface area (Å²) in [6.07, 6.45) is 1.44. The third kappa shape index (κ3) is 3.45. The zero-order valence-electron chi connectivity index (χ0n) is 16.6. The first kappa shape index (κ1) is 18.7. The predicted octanol–water partition coefficient (Wildman–Crippen LogP) is 3.75. The molecule has 6 nitrogen and oxygen atoms in total. The molecule has 0 saturated carbocycles. The van der Waals surface area contributed by atoms with Gasteiger partial charge in [-0.1, -0.05) is 30.3 Å². The fraction of sp³-hybridized carbons (Fsp3) is 0.174. The van der Waals surface area contributed by atoms with Crippen LogP contribution >= 0.6 is 0 Å². The molecule has 0 unspecified atom stereocenters. The van der Waals surface area contributed by atoms with Gasteiger partial charge in [-0.15, -0.1) is 0 Å². The van der Waals surface area contributed by atoms with Gasteiger partial charge in [-0.25, -0.2) is 4.98 Å². The molecule has 29 heavy (non-hydrogen) atoms. The van der Waals surface area contributed by atoms with Gasteiger partial charge in [0.15, 0.2) is 5.65 Å². The molecule has 0 atom stereocenters. The van der Waals surface area contributed by atoms with Crippen molar-refractivity contribution < 1.29 is 4.79 Å². The summed E-state index contributed by atoms with van der Waals surface area (Å²) >= 11 is 0. The summed E-state index contributed by atoms with van der Waals surface area (Å²) < 4.78 is 3.33. The SMILES string of the molecule is Cc1cccc(NC(=O)Cn2cnc3c(c(C)c(C)n3-c3ccccc3)c2=O)c1. The number of nitrogens with one attached hydrogen (secondary N) is 1. The average molecular weight is 386 g/mol. The minimum absolute atomic E-state index is 0.0925. The van der Waals surface area contributed by atoms with Crippen molar-refractivity contribution in [3.8, 4) is 5.69 Å². The van der Waals surface area contributed by atoms with E-state index in [2.05, 4.69) is 10.3 Å². The van der Waals surface area contributed by atoms with E-state index in [0.717, 1.165) is 22.5 Å². The first-order chi connectivity index (χ1) is 14.0. The van der Waals surface area contributed by atoms with Crippen LogP contribution in [0.25, 0.3) is 16.7 Å². The van der Waals surface area contributed by atoms with Gasteiger partial charge in [0.1, 0.15) is 12.9 Å². The second-order valence-corrected chi connectivity index (χ2v) is 7.18. The van der Waals surface area contributed by atoms with E-state index in [1.807, 2.05) is 79.9 Å². The van der Waals surface area contributed by atoms with Gasteiger partial charge in [0.05, 0.1) is 5.39 Å². The van der Waals surface area contributed by atoms with Crippen molar-refractivity contribution in [2.45, 2.75) is 27.3 Å². The molecule has 0 aliphatic heterocycles. The van der Waals surface area contributed by atoms with E-state index in [0.29, 0.717) is 16.7 Å². The van der Waals surface area contributed by atoms with Crippen LogP contribution in [-0.2, 0) is 11.3 Å². The topological polar surface area (TPSA) is 68.9 Å². The third-order valence-electron chi connectivity index (χ3n) is 5.11. The lowest BCUT2D eigenvalue weighted by molar-refractivity contribution is -0.116. The number of nitrogens with zero attached hydrogens (tertiary/aromatic N) is 3. The molecule has 1 N–H and O–H groups in total. The van der Waals surface area contributed by atoms with Gasteiger partial charge in [-0.3, -0.25) is 18.7 Å². The van der Waals surface area contributed by atoms with Gasteiger partial charge in [0, 0.05) is 17.1 Å². The fourth-order valence-corrected chi connectivity index (χ4v) is 3.57. The van der Waals surface area contributed by atoms with E-state index in [1.54, 1.807) is 0 Å². The molecule has 0 spiro atoms. The fourth-order valence-electron chi connectivity index (χ4n) is 3.57. The van der Waals surface area contributed by atoms with Crippen LogP contribution in [0, 0.1) is 20.8 Å². The van der Waals surface area contributed by atoms with Gasteiger partial charge in [0.2, 0.25) is 5.91 Å². The number of aromatic nitrogens is 3. The molecule has 0 bridgehead atoms. The largest absolute Gasteiger partial charge is 0.325 e. The number of rotatable bonds is 4. The van der Waals surface area contributed by atoms with Crippen LogP contribution in [0.15, 0.2) is 65.7 Å². The summed E-state index contributed by atoms with van der Waals surface area (Å²) in [6.45, 7) is 5.75. The lowest BCUT2D eigenvalue weighted by Gasteiger charge is -2.09. The van der Waals surface area contributed by atoms with Crippen molar-refractivity contribution in [1.82, 2.24) is 14.1 Å². The molecule has 0 saturated heterocycles. The van der Waals surface area contributed by atoms with Crippen molar-refractivity contribution in [1.29, 1.82) is 0 Å². The molecule has 4 rings (SSSR count). The van der Waals surface area contributed by atoms with E-state index in [1.165, 1.54) is 10.9 Å². The van der Waals surface area contributed by atoms with Gasteiger partial charge in [-0.05, 0) is 56.2 Å². The molecule has 0 radical (unpaired) electrons. The quantitative estimate of drug-likeness (QED) is 0.581. The number of carbonyl (C=O) groups is 1. The number of anilines is 1. The number of carbonyl (C=O) groups excluding carboxylic acids is 1. The molecule has 0 fully saturated rings. The Hall–Kier alpha value is -3.67. The van der Waals surface area contributed by atoms with Crippen molar-refractivity contribution in [2.75, 3.05) is 5.32 Å². The third-order valence-corrected chi connectivity index (χ3v) is 5.11. The lowest BCUT2D eigenvalue weighted by atomic mass is 10.2. The smallest absolute Gasteiger partial charge is 0.263 e. The minimum atomic E-state index is -0.268. The van der Waals surface area contributed by atoms with Gasteiger partial charge >= 0.3 is 0 Å². The molecule has 1 amide bonds. The number of amides is 1. The Morgan fingerprint density at radius 3 is 2.52 bits per heavy atom. The molecule has 2 aromatic carbocycles. The highest BCUT2D eigenvalue weighted by atomic mass is 16.2. The maximum Gasteiger partial charge on any atom is 0.263 e. The highest BCUT2D eigenvalue weighted by Gasteiger charge is 2.18. The summed E-state index contributed by atoms with van der Waals surface area (Å²) in [5, 5.41) is 3.37. The Morgan fingerprint density at radius 1 is 1.03 bits per heavy atom. The van der Waals surface area contributed by atoms with Gasteiger partial charge in [0.25, 0.3) is 5.56 Å². The van der Waals surface area contributed by atoms with Gasteiger partial charge < -0.3 is 5.32 Å². The number of hydrogen-bond donors (Lipinski definition) is 1. The van der Waals surface area contributed by atoms with Crippen LogP contribution in [0.2, 0.25) is 0 Å². The van der Waals surface area contributed by atoms with E-state index < -0.39 is 0 Å². The summed E-state index contributed by atoms with van der Waals surface area (Å²) in [4.78, 5) is 30.1. The van der Waals surface area contributed by atoms with Crippen molar-refractivity contribution >= 4 is 22.6 Å². The maximum atomic E-state index is 13.1. The summed E-state index contributed by atoms with van der Waals surface area (Å²) in [6, 6.07) is 17.4. The molecular formula is C23H22N4O2. The molecular weight excluding hydrogens is 364 g/mol. The number of fused-ring (bicyclic) bond motifs is 1. The summed E-state index contributed by atoms with van der Waals surface area (Å²) in [5.41, 5.74) is 4.92. The van der Waals surface area contributed by atoms with E-state index >= 15 is 0 Å². The van der Waals surface area contributed by atoms with Crippen LogP contribution in [0.4, 0.5) is 5.69 Å². The molecule has 6 heteroatoms. The number of para-hydroxylation sites is 1. The Kier molecular flexibility index (Phi) is 4.76. The minimum Gasteiger partial charge on any atom is -0.325 e. The summed E-state index contributed by atoms with van der Waals surface area (Å²) in [5.74, 6) is -0.268. The molecule has 2 heterocycles. The lowest BCUT2D eigenvalue weighted by Crippen LogP contribution is -2.28. The zero-order valence-corrected chi connectivity index (χ0v) is 16.6. The van der Waals surface area contributed by atoms with Crippen molar-refractivity contribution in [3.05, 3.63) is 88.1 Å². The van der Waals surface area contributed by atoms with Crippen LogP contribution in [0.5, 0.6) is 0 Å². The highest BCUT2D eigenvalue weighted by Crippen LogP contribution is 2.24. The Labute approximate surface area is 168 Å². The van der Waals surface area contributed by atoms with E-state index in [9.17, 15) is 9.59 Å². The van der Waals surface area contributed by atoms with Crippen LogP contribution in [0.1, 0.15) is 16.8 Å². The molecule has 0 aliphatic carbocycles. The zero-order chi connectivity index (χ0) is 20.5. The second-order valence-electron chi connectivity index (χ2n) is 7.18. The average Bonchev–Trinajstić information content (AvgIpc) is 2.96. The summed E-state index contributed by atoms with van der Waals surface area (Å²) in [7, 11) is 0. The predicted molar refractivity (Wildman–Crippen MR) is 115 cm³/mol. The number of hydrogen-bond acceptors (Lipinski definition) is 3. The van der Waals surface area contributed by atoms with Crippen molar-refractivity contribution in [2.24, 2.45) is 0 Å². The number of benzene rings is 2. The van der Waals surface area contributed by atoms with Crippen LogP contribution in [0.3, 0.4) is 0 Å². The standard InChI is InChI=1S/C23H22N4O2/c1-15-8-7-9-18(12-15)25-20(28)13-26-14-24-22-21(23(26)29)16(2)17(3)27(22)19-10-5-4-6-11-19/h4-12,14H,13H2,1-3H3,(H,25,28). The van der Waals surface area contributed by atoms with Gasteiger partial charge in [-0.2, -0.15) is 0 Å². The van der Waals surface area contributed by atoms with Crippen LogP contribution in [-0.4, -0.2) is 20.0 Å². The normalized spacial score (nSPS) is 11.0. The molecule has 4 aromatic rings. The second kappa shape index (κ2) is 7.39. The molecule has 0 aliphatic rings. The molecule has 2 aromatic heterocycles. The highest BCUT2D eigenvalue weighted by molar-refractivity contribution is 5.91. The first-order valence-corrected chi connectivity index (χ1v) is 9.44. The Balaban J connectivity index is 1.71. The number of aryl methyl sites for hydroxylation is 2. The maximum absolute atomic E-state index is 13.1. The Morgan fingerprint density at radius 2 is 1.79 bits per heavy atom. The van der Waals surface area contributed by atoms with E-state index in [4.69, 9.17) is 0 Å².